The molecule has 2 N–H and O–H groups in total. The zero-order valence-corrected chi connectivity index (χ0v) is 9.97. The SMILES string of the molecule is Fc1ccc(-c2nnc(C3CC[NH2+]CC3)o2)cc1. The van der Waals surface area contributed by atoms with Gasteiger partial charge in [-0.3, -0.25) is 0 Å². The van der Waals surface area contributed by atoms with Gasteiger partial charge in [0.2, 0.25) is 11.8 Å². The van der Waals surface area contributed by atoms with Crippen LogP contribution in [0.5, 0.6) is 0 Å². The summed E-state index contributed by atoms with van der Waals surface area (Å²) >= 11 is 0. The summed E-state index contributed by atoms with van der Waals surface area (Å²) in [5.41, 5.74) is 0.762. The monoisotopic (exact) mass is 248 g/mol. The van der Waals surface area contributed by atoms with E-state index in [9.17, 15) is 4.39 Å². The number of piperidine rings is 1. The molecule has 1 aromatic heterocycles. The maximum absolute atomic E-state index is 12.8. The number of nitrogens with two attached hydrogens (primary N) is 1. The fraction of sp³-hybridized carbons (Fsp3) is 0.385. The van der Waals surface area contributed by atoms with E-state index in [-0.39, 0.29) is 5.82 Å². The lowest BCUT2D eigenvalue weighted by Gasteiger charge is -2.16. The van der Waals surface area contributed by atoms with Gasteiger partial charge in [-0.25, -0.2) is 4.39 Å². The molecule has 4 nitrogen and oxygen atoms in total. The number of rotatable bonds is 2. The van der Waals surface area contributed by atoms with Crippen molar-refractivity contribution in [3.63, 3.8) is 0 Å². The summed E-state index contributed by atoms with van der Waals surface area (Å²) in [7, 11) is 0. The van der Waals surface area contributed by atoms with Crippen LogP contribution in [-0.2, 0) is 0 Å². The van der Waals surface area contributed by atoms with Gasteiger partial charge in [0.1, 0.15) is 5.82 Å². The van der Waals surface area contributed by atoms with E-state index in [4.69, 9.17) is 4.42 Å². The summed E-state index contributed by atoms with van der Waals surface area (Å²) in [5.74, 6) is 1.29. The van der Waals surface area contributed by atoms with Crippen molar-refractivity contribution in [1.82, 2.24) is 10.2 Å². The highest BCUT2D eigenvalue weighted by Gasteiger charge is 2.23. The van der Waals surface area contributed by atoms with Crippen molar-refractivity contribution in [2.75, 3.05) is 13.1 Å². The molecular weight excluding hydrogens is 233 g/mol. The third-order valence-electron chi connectivity index (χ3n) is 3.32. The summed E-state index contributed by atoms with van der Waals surface area (Å²) in [6.45, 7) is 2.22. The number of quaternary nitrogens is 1. The van der Waals surface area contributed by atoms with E-state index in [1.54, 1.807) is 12.1 Å². The molecule has 1 aliphatic rings. The third kappa shape index (κ3) is 2.26. The fourth-order valence-electron chi connectivity index (χ4n) is 2.28. The van der Waals surface area contributed by atoms with Crippen molar-refractivity contribution in [3.8, 4) is 11.5 Å². The Hall–Kier alpha value is -1.75. The van der Waals surface area contributed by atoms with Gasteiger partial charge in [0.15, 0.2) is 0 Å². The first-order valence-electron chi connectivity index (χ1n) is 6.24. The van der Waals surface area contributed by atoms with Gasteiger partial charge < -0.3 is 9.73 Å². The topological polar surface area (TPSA) is 55.5 Å². The predicted octanol–water partition coefficient (Wildman–Crippen LogP) is 1.32. The summed E-state index contributed by atoms with van der Waals surface area (Å²) in [6.07, 6.45) is 2.15. The molecule has 0 bridgehead atoms. The highest BCUT2D eigenvalue weighted by Crippen LogP contribution is 2.26. The molecule has 0 unspecified atom stereocenters. The van der Waals surface area contributed by atoms with E-state index < -0.39 is 0 Å². The Morgan fingerprint density at radius 3 is 2.56 bits per heavy atom. The highest BCUT2D eigenvalue weighted by molar-refractivity contribution is 5.51. The normalized spacial score (nSPS) is 16.9. The Balaban J connectivity index is 1.82. The molecule has 1 fully saturated rings. The Morgan fingerprint density at radius 2 is 1.83 bits per heavy atom. The van der Waals surface area contributed by atoms with E-state index in [0.29, 0.717) is 17.7 Å². The maximum Gasteiger partial charge on any atom is 0.247 e. The quantitative estimate of drug-likeness (QED) is 0.872. The molecule has 3 rings (SSSR count). The standard InChI is InChI=1S/C13H14FN3O/c14-11-3-1-9(2-4-11)12-16-17-13(18-12)10-5-7-15-8-6-10/h1-4,10,15H,5-8H2/p+1. The summed E-state index contributed by atoms with van der Waals surface area (Å²) in [4.78, 5) is 0. The minimum absolute atomic E-state index is 0.263. The average molecular weight is 248 g/mol. The van der Waals surface area contributed by atoms with Crippen molar-refractivity contribution < 1.29 is 14.1 Å². The predicted molar refractivity (Wildman–Crippen MR) is 63.3 cm³/mol. The highest BCUT2D eigenvalue weighted by atomic mass is 19.1. The second-order valence-electron chi connectivity index (χ2n) is 4.59. The molecule has 0 spiro atoms. The molecule has 0 amide bonds. The molecule has 5 heteroatoms. The second kappa shape index (κ2) is 4.86. The number of halogens is 1. The van der Waals surface area contributed by atoms with Crippen molar-refractivity contribution in [1.29, 1.82) is 0 Å². The molecule has 1 aromatic carbocycles. The zero-order valence-electron chi connectivity index (χ0n) is 9.97. The van der Waals surface area contributed by atoms with Gasteiger partial charge in [0, 0.05) is 24.3 Å². The van der Waals surface area contributed by atoms with Crippen LogP contribution in [-0.4, -0.2) is 23.3 Å². The van der Waals surface area contributed by atoms with Gasteiger partial charge in [-0.05, 0) is 24.3 Å². The summed E-state index contributed by atoms with van der Waals surface area (Å²) in [6, 6.07) is 6.10. The molecule has 2 aromatic rings. The van der Waals surface area contributed by atoms with Gasteiger partial charge in [0.25, 0.3) is 0 Å². The lowest BCUT2D eigenvalue weighted by molar-refractivity contribution is -0.663. The molecule has 0 aliphatic carbocycles. The van der Waals surface area contributed by atoms with E-state index in [0.717, 1.165) is 31.5 Å². The smallest absolute Gasteiger partial charge is 0.247 e. The Morgan fingerprint density at radius 1 is 1.11 bits per heavy atom. The lowest BCUT2D eigenvalue weighted by atomic mass is 9.98. The molecule has 1 aliphatic heterocycles. The van der Waals surface area contributed by atoms with Gasteiger partial charge >= 0.3 is 0 Å². The maximum atomic E-state index is 12.8. The van der Waals surface area contributed by atoms with Crippen LogP contribution >= 0.6 is 0 Å². The molecule has 1 saturated heterocycles. The van der Waals surface area contributed by atoms with Crippen molar-refractivity contribution >= 4 is 0 Å². The fourth-order valence-corrected chi connectivity index (χ4v) is 2.28. The average Bonchev–Trinajstić information content (AvgIpc) is 2.90. The van der Waals surface area contributed by atoms with Crippen molar-refractivity contribution in [3.05, 3.63) is 36.0 Å². The van der Waals surface area contributed by atoms with Crippen LogP contribution in [0.3, 0.4) is 0 Å². The van der Waals surface area contributed by atoms with Crippen LogP contribution in [0.1, 0.15) is 24.7 Å². The first-order valence-corrected chi connectivity index (χ1v) is 6.24. The van der Waals surface area contributed by atoms with Crippen LogP contribution in [0.2, 0.25) is 0 Å². The van der Waals surface area contributed by atoms with Gasteiger partial charge in [-0.1, -0.05) is 0 Å². The molecular formula is C13H15FN3O+. The molecule has 2 heterocycles. The molecule has 18 heavy (non-hydrogen) atoms. The van der Waals surface area contributed by atoms with E-state index >= 15 is 0 Å². The largest absolute Gasteiger partial charge is 0.420 e. The molecule has 0 saturated carbocycles. The second-order valence-corrected chi connectivity index (χ2v) is 4.59. The third-order valence-corrected chi connectivity index (χ3v) is 3.32. The number of benzene rings is 1. The number of nitrogens with zero attached hydrogens (tertiary/aromatic N) is 2. The van der Waals surface area contributed by atoms with Crippen LogP contribution in [0.4, 0.5) is 4.39 Å². The Kier molecular flexibility index (Phi) is 3.06. The van der Waals surface area contributed by atoms with Crippen molar-refractivity contribution in [2.24, 2.45) is 0 Å². The van der Waals surface area contributed by atoms with Crippen LogP contribution in [0, 0.1) is 5.82 Å². The first kappa shape index (κ1) is 11.3. The van der Waals surface area contributed by atoms with E-state index in [2.05, 4.69) is 15.5 Å². The van der Waals surface area contributed by atoms with Crippen LogP contribution in [0.15, 0.2) is 28.7 Å². The minimum atomic E-state index is -0.263. The van der Waals surface area contributed by atoms with E-state index in [1.165, 1.54) is 12.1 Å². The number of hydrogen-bond acceptors (Lipinski definition) is 3. The van der Waals surface area contributed by atoms with Gasteiger partial charge in [-0.2, -0.15) is 0 Å². The van der Waals surface area contributed by atoms with E-state index in [1.807, 2.05) is 0 Å². The van der Waals surface area contributed by atoms with Gasteiger partial charge in [0.05, 0.1) is 13.1 Å². The zero-order chi connectivity index (χ0) is 12.4. The van der Waals surface area contributed by atoms with Gasteiger partial charge in [-0.15, -0.1) is 10.2 Å². The summed E-state index contributed by atoms with van der Waals surface area (Å²) < 4.78 is 18.5. The van der Waals surface area contributed by atoms with Crippen LogP contribution < -0.4 is 5.32 Å². The number of aromatic nitrogens is 2. The lowest BCUT2D eigenvalue weighted by Crippen LogP contribution is -2.86. The Bertz CT molecular complexity index is 517. The van der Waals surface area contributed by atoms with Crippen LogP contribution in [0.25, 0.3) is 11.5 Å². The molecule has 0 atom stereocenters. The number of hydrogen-bond donors (Lipinski definition) is 1. The van der Waals surface area contributed by atoms with Crippen molar-refractivity contribution in [2.45, 2.75) is 18.8 Å². The minimum Gasteiger partial charge on any atom is -0.420 e. The Labute approximate surface area is 104 Å². The molecule has 94 valence electrons. The molecule has 0 radical (unpaired) electrons. The first-order chi connectivity index (χ1) is 8.83. The summed E-state index contributed by atoms with van der Waals surface area (Å²) in [5, 5.41) is 10.5.